The Bertz CT molecular complexity index is 1660. The molecule has 0 N–H and O–H groups in total. The van der Waals surface area contributed by atoms with E-state index < -0.39 is 56.6 Å². The maximum absolute atomic E-state index is 14.1. The summed E-state index contributed by atoms with van der Waals surface area (Å²) in [6.07, 6.45) is -4.28. The number of carbonyl (C=O) groups is 2. The first-order chi connectivity index (χ1) is 22.0. The molecule has 1 aliphatic rings. The molecule has 0 aliphatic carbocycles. The standard InChI is InChI=1S/C33H36ClF3N2O7S/c1-32(2,3)46-31(41)38-15-13-24(14-16-38)21-44-27-18-25(33(35,36)37)17-26(19-27)39(47(42,43)29-12-8-7-11-28(29)34)20-30(40)45-22-23-9-5-4-6-10-23/h4-12,17-19,24H,13-16,20-22H2,1-3H3. The van der Waals surface area contributed by atoms with Crippen molar-refractivity contribution in [3.05, 3.63) is 88.9 Å². The second-order valence-electron chi connectivity index (χ2n) is 12.0. The number of carbonyl (C=O) groups excluding carboxylic acids is 2. The molecule has 1 heterocycles. The van der Waals surface area contributed by atoms with Crippen molar-refractivity contribution < 1.29 is 45.4 Å². The topological polar surface area (TPSA) is 102 Å². The lowest BCUT2D eigenvalue weighted by atomic mass is 9.98. The lowest BCUT2D eigenvalue weighted by molar-refractivity contribution is -0.143. The minimum Gasteiger partial charge on any atom is -0.493 e. The number of anilines is 1. The number of rotatable bonds is 10. The fourth-order valence-corrected chi connectivity index (χ4v) is 6.67. The van der Waals surface area contributed by atoms with Gasteiger partial charge in [0.1, 0.15) is 29.4 Å². The van der Waals surface area contributed by atoms with E-state index in [0.717, 1.165) is 12.1 Å². The number of piperidine rings is 1. The smallest absolute Gasteiger partial charge is 0.416 e. The maximum atomic E-state index is 14.1. The number of sulfonamides is 1. The highest BCUT2D eigenvalue weighted by molar-refractivity contribution is 7.93. The van der Waals surface area contributed by atoms with E-state index in [0.29, 0.717) is 41.9 Å². The summed E-state index contributed by atoms with van der Waals surface area (Å²) in [5.41, 5.74) is -1.66. The number of esters is 1. The van der Waals surface area contributed by atoms with Crippen molar-refractivity contribution in [2.45, 2.75) is 56.9 Å². The Labute approximate surface area is 277 Å². The number of likely N-dealkylation sites (tertiary alicyclic amines) is 1. The molecule has 0 spiro atoms. The van der Waals surface area contributed by atoms with Crippen molar-refractivity contribution in [2.75, 3.05) is 30.5 Å². The Morgan fingerprint density at radius 1 is 0.957 bits per heavy atom. The van der Waals surface area contributed by atoms with E-state index in [1.54, 1.807) is 56.0 Å². The van der Waals surface area contributed by atoms with Crippen molar-refractivity contribution in [1.82, 2.24) is 4.90 Å². The summed E-state index contributed by atoms with van der Waals surface area (Å²) in [5, 5.41) is -0.184. The molecule has 0 bridgehead atoms. The Kier molecular flexibility index (Phi) is 11.3. The molecule has 1 fully saturated rings. The Balaban J connectivity index is 1.59. The maximum Gasteiger partial charge on any atom is 0.416 e. The summed E-state index contributed by atoms with van der Waals surface area (Å²) in [7, 11) is -4.68. The first-order valence-corrected chi connectivity index (χ1v) is 16.6. The SMILES string of the molecule is CC(C)(C)OC(=O)N1CCC(COc2cc(N(CC(=O)OCc3ccccc3)S(=O)(=O)c3ccccc3Cl)cc(C(F)(F)F)c2)CC1. The van der Waals surface area contributed by atoms with Crippen molar-refractivity contribution in [3.8, 4) is 5.75 Å². The average molecular weight is 697 g/mol. The molecule has 3 aromatic rings. The van der Waals surface area contributed by atoms with Crippen molar-refractivity contribution in [1.29, 1.82) is 0 Å². The molecule has 14 heteroatoms. The third-order valence-corrected chi connectivity index (χ3v) is 9.45. The van der Waals surface area contributed by atoms with Crippen molar-refractivity contribution >= 4 is 39.4 Å². The number of halogens is 4. The average Bonchev–Trinajstić information content (AvgIpc) is 3.01. The van der Waals surface area contributed by atoms with Crippen molar-refractivity contribution in [3.63, 3.8) is 0 Å². The van der Waals surface area contributed by atoms with Crippen LogP contribution in [0.3, 0.4) is 0 Å². The number of benzene rings is 3. The molecule has 47 heavy (non-hydrogen) atoms. The summed E-state index contributed by atoms with van der Waals surface area (Å²) in [4.78, 5) is 26.5. The van der Waals surface area contributed by atoms with E-state index in [4.69, 9.17) is 25.8 Å². The monoisotopic (exact) mass is 696 g/mol. The van der Waals surface area contributed by atoms with E-state index >= 15 is 0 Å². The molecule has 1 saturated heterocycles. The lowest BCUT2D eigenvalue weighted by Gasteiger charge is -2.33. The van der Waals surface area contributed by atoms with E-state index in [-0.39, 0.29) is 29.9 Å². The number of amides is 1. The zero-order valence-electron chi connectivity index (χ0n) is 26.1. The van der Waals surface area contributed by atoms with Crippen LogP contribution in [0.25, 0.3) is 0 Å². The van der Waals surface area contributed by atoms with Gasteiger partial charge in [-0.05, 0) is 69.4 Å². The zero-order chi connectivity index (χ0) is 34.4. The van der Waals surface area contributed by atoms with Crippen LogP contribution in [0, 0.1) is 5.92 Å². The third-order valence-electron chi connectivity index (χ3n) is 7.18. The van der Waals surface area contributed by atoms with Gasteiger partial charge in [0.15, 0.2) is 0 Å². The summed E-state index contributed by atoms with van der Waals surface area (Å²) < 4.78 is 87.1. The second kappa shape index (κ2) is 14.8. The zero-order valence-corrected chi connectivity index (χ0v) is 27.7. The van der Waals surface area contributed by atoms with Gasteiger partial charge in [0.05, 0.1) is 22.9 Å². The Morgan fingerprint density at radius 2 is 1.60 bits per heavy atom. The van der Waals surface area contributed by atoms with Gasteiger partial charge in [0.25, 0.3) is 10.0 Å². The van der Waals surface area contributed by atoms with Crippen molar-refractivity contribution in [2.24, 2.45) is 5.92 Å². The summed E-state index contributed by atoms with van der Waals surface area (Å²) in [6.45, 7) is 4.96. The third kappa shape index (κ3) is 10.0. The number of hydrogen-bond donors (Lipinski definition) is 0. The van der Waals surface area contributed by atoms with Gasteiger partial charge in [0.2, 0.25) is 0 Å². The predicted octanol–water partition coefficient (Wildman–Crippen LogP) is 7.32. The first-order valence-electron chi connectivity index (χ1n) is 14.8. The van der Waals surface area contributed by atoms with Crippen LogP contribution in [-0.4, -0.2) is 57.2 Å². The van der Waals surface area contributed by atoms with Gasteiger partial charge in [-0.2, -0.15) is 13.2 Å². The van der Waals surface area contributed by atoms with Crippen LogP contribution in [0.4, 0.5) is 23.7 Å². The Hall–Kier alpha value is -3.97. The molecule has 9 nitrogen and oxygen atoms in total. The molecule has 4 rings (SSSR count). The van der Waals surface area contributed by atoms with Crippen LogP contribution in [-0.2, 0) is 37.1 Å². The van der Waals surface area contributed by atoms with Crippen LogP contribution in [0.5, 0.6) is 5.75 Å². The van der Waals surface area contributed by atoms with E-state index in [9.17, 15) is 31.2 Å². The van der Waals surface area contributed by atoms with Crippen LogP contribution >= 0.6 is 11.6 Å². The molecule has 0 radical (unpaired) electrons. The normalized spacial score (nSPS) is 14.4. The van der Waals surface area contributed by atoms with Gasteiger partial charge in [-0.3, -0.25) is 9.10 Å². The quantitative estimate of drug-likeness (QED) is 0.205. The van der Waals surface area contributed by atoms with Gasteiger partial charge in [-0.1, -0.05) is 54.1 Å². The van der Waals surface area contributed by atoms with Crippen LogP contribution in [0.2, 0.25) is 5.02 Å². The summed E-state index contributed by atoms with van der Waals surface area (Å²) in [6, 6.07) is 16.5. The van der Waals surface area contributed by atoms with Gasteiger partial charge in [0, 0.05) is 19.2 Å². The van der Waals surface area contributed by atoms with Crippen LogP contribution in [0.1, 0.15) is 44.7 Å². The minimum atomic E-state index is -4.87. The highest BCUT2D eigenvalue weighted by atomic mass is 35.5. The highest BCUT2D eigenvalue weighted by Crippen LogP contribution is 2.38. The molecular weight excluding hydrogens is 661 g/mol. The lowest BCUT2D eigenvalue weighted by Crippen LogP contribution is -2.42. The fraction of sp³-hybridized carbons (Fsp3) is 0.394. The molecule has 0 aromatic heterocycles. The largest absolute Gasteiger partial charge is 0.493 e. The van der Waals surface area contributed by atoms with Gasteiger partial charge in [-0.25, -0.2) is 13.2 Å². The molecular formula is C33H36ClF3N2O7S. The van der Waals surface area contributed by atoms with E-state index in [2.05, 4.69) is 0 Å². The molecule has 0 atom stereocenters. The second-order valence-corrected chi connectivity index (χ2v) is 14.3. The summed E-state index contributed by atoms with van der Waals surface area (Å²) in [5.74, 6) is -1.34. The minimum absolute atomic E-state index is 0.0132. The van der Waals surface area contributed by atoms with Gasteiger partial charge >= 0.3 is 18.2 Å². The molecule has 1 amide bonds. The predicted molar refractivity (Wildman–Crippen MR) is 170 cm³/mol. The van der Waals surface area contributed by atoms with Crippen LogP contribution < -0.4 is 9.04 Å². The van der Waals surface area contributed by atoms with E-state index in [1.807, 2.05) is 0 Å². The molecule has 0 saturated carbocycles. The van der Waals surface area contributed by atoms with Crippen LogP contribution in [0.15, 0.2) is 77.7 Å². The number of alkyl halides is 3. The molecule has 1 aliphatic heterocycles. The first kappa shape index (κ1) is 35.9. The van der Waals surface area contributed by atoms with Gasteiger partial charge in [-0.15, -0.1) is 0 Å². The van der Waals surface area contributed by atoms with Gasteiger partial charge < -0.3 is 19.1 Å². The molecule has 254 valence electrons. The van der Waals surface area contributed by atoms with E-state index in [1.165, 1.54) is 24.3 Å². The number of hydrogen-bond acceptors (Lipinski definition) is 7. The highest BCUT2D eigenvalue weighted by Gasteiger charge is 2.36. The summed E-state index contributed by atoms with van der Waals surface area (Å²) >= 11 is 6.19. The number of ether oxygens (including phenoxy) is 3. The number of nitrogens with zero attached hydrogens (tertiary/aromatic N) is 2. The fourth-order valence-electron chi connectivity index (χ4n) is 4.79. The Morgan fingerprint density at radius 3 is 2.21 bits per heavy atom. The molecule has 0 unspecified atom stereocenters. The molecule has 3 aromatic carbocycles.